The van der Waals surface area contributed by atoms with Crippen LogP contribution in [0.5, 0.6) is 11.5 Å². The van der Waals surface area contributed by atoms with Gasteiger partial charge in [0, 0.05) is 16.7 Å². The molecule has 1 heterocycles. The molecular weight excluding hydrogens is 396 g/mol. The summed E-state index contributed by atoms with van der Waals surface area (Å²) in [4.78, 5) is 14.9. The topological polar surface area (TPSA) is 50.8 Å². The van der Waals surface area contributed by atoms with Crippen molar-refractivity contribution in [3.63, 3.8) is 0 Å². The Morgan fingerprint density at radius 1 is 1.15 bits per heavy atom. The van der Waals surface area contributed by atoms with Gasteiger partial charge in [0.2, 0.25) is 0 Å². The first-order valence-electron chi connectivity index (χ1n) is 8.76. The van der Waals surface area contributed by atoms with Crippen molar-refractivity contribution >= 4 is 27.5 Å². The third-order valence-corrected chi connectivity index (χ3v) is 4.89. The lowest BCUT2D eigenvalue weighted by Crippen LogP contribution is -2.25. The highest BCUT2D eigenvalue weighted by atomic mass is 79.9. The monoisotopic (exact) mass is 418 g/mol. The smallest absolute Gasteiger partial charge is 0.259 e. The maximum absolute atomic E-state index is 12.5. The molecule has 5 nitrogen and oxygen atoms in total. The van der Waals surface area contributed by atoms with Crippen LogP contribution in [0.4, 0.5) is 5.69 Å². The molecule has 2 aromatic rings. The van der Waals surface area contributed by atoms with Gasteiger partial charge in [0.1, 0.15) is 18.1 Å². The number of methoxy groups -OCH3 is 1. The number of nitrogens with zero attached hydrogens (tertiary/aromatic N) is 1. The molecule has 0 spiro atoms. The number of carbonyl (C=O) groups excluding carboxylic acids is 1. The van der Waals surface area contributed by atoms with Gasteiger partial charge in [-0.1, -0.05) is 15.9 Å². The average Bonchev–Trinajstić information content (AvgIpc) is 3.16. The fraction of sp³-hybridized carbons (Fsp3) is 0.350. The summed E-state index contributed by atoms with van der Waals surface area (Å²) < 4.78 is 11.9. The van der Waals surface area contributed by atoms with E-state index in [1.807, 2.05) is 30.3 Å². The molecule has 1 aliphatic rings. The molecule has 0 atom stereocenters. The van der Waals surface area contributed by atoms with Crippen LogP contribution in [0.3, 0.4) is 0 Å². The minimum Gasteiger partial charge on any atom is -0.496 e. The summed E-state index contributed by atoms with van der Waals surface area (Å²) in [5, 5.41) is 2.88. The Morgan fingerprint density at radius 2 is 1.88 bits per heavy atom. The van der Waals surface area contributed by atoms with Gasteiger partial charge < -0.3 is 14.8 Å². The van der Waals surface area contributed by atoms with Gasteiger partial charge in [-0.15, -0.1) is 0 Å². The van der Waals surface area contributed by atoms with Crippen molar-refractivity contribution in [1.29, 1.82) is 0 Å². The third kappa shape index (κ3) is 4.99. The molecule has 1 saturated heterocycles. The lowest BCUT2D eigenvalue weighted by molar-refractivity contribution is 0.102. The zero-order valence-corrected chi connectivity index (χ0v) is 16.4. The SMILES string of the molecule is COc1cc(Br)ccc1C(=O)Nc1ccc(OCCN2CCCC2)cc1. The summed E-state index contributed by atoms with van der Waals surface area (Å²) in [5.41, 5.74) is 1.20. The molecule has 1 N–H and O–H groups in total. The summed E-state index contributed by atoms with van der Waals surface area (Å²) in [6, 6.07) is 12.7. The van der Waals surface area contributed by atoms with Gasteiger partial charge in [-0.2, -0.15) is 0 Å². The normalized spacial score (nSPS) is 14.2. The molecule has 0 aliphatic carbocycles. The van der Waals surface area contributed by atoms with Crippen molar-refractivity contribution in [1.82, 2.24) is 4.90 Å². The second kappa shape index (κ2) is 9.05. The minimum atomic E-state index is -0.211. The molecule has 1 aliphatic heterocycles. The zero-order valence-electron chi connectivity index (χ0n) is 14.8. The molecule has 0 saturated carbocycles. The summed E-state index contributed by atoms with van der Waals surface area (Å²) in [6.07, 6.45) is 2.58. The second-order valence-electron chi connectivity index (χ2n) is 6.22. The first-order chi connectivity index (χ1) is 12.7. The maximum Gasteiger partial charge on any atom is 0.259 e. The molecule has 1 amide bonds. The molecule has 138 valence electrons. The Hall–Kier alpha value is -2.05. The number of anilines is 1. The number of carbonyl (C=O) groups is 1. The van der Waals surface area contributed by atoms with E-state index in [4.69, 9.17) is 9.47 Å². The molecule has 26 heavy (non-hydrogen) atoms. The molecule has 0 radical (unpaired) electrons. The number of halogens is 1. The van der Waals surface area contributed by atoms with Gasteiger partial charge in [0.15, 0.2) is 0 Å². The van der Waals surface area contributed by atoms with Crippen LogP contribution in [-0.2, 0) is 0 Å². The standard InChI is InChI=1S/C20H23BrN2O3/c1-25-19-14-15(21)4-9-18(19)20(24)22-16-5-7-17(8-6-16)26-13-12-23-10-2-3-11-23/h4-9,14H,2-3,10-13H2,1H3,(H,22,24). The summed E-state index contributed by atoms with van der Waals surface area (Å²) in [6.45, 7) is 3.99. The van der Waals surface area contributed by atoms with Crippen molar-refractivity contribution in [2.24, 2.45) is 0 Å². The van der Waals surface area contributed by atoms with E-state index in [1.165, 1.54) is 25.9 Å². The Morgan fingerprint density at radius 3 is 2.58 bits per heavy atom. The lowest BCUT2D eigenvalue weighted by Gasteiger charge is -2.15. The fourth-order valence-corrected chi connectivity index (χ4v) is 3.32. The zero-order chi connectivity index (χ0) is 18.4. The Kier molecular flexibility index (Phi) is 6.52. The quantitative estimate of drug-likeness (QED) is 0.732. The minimum absolute atomic E-state index is 0.211. The van der Waals surface area contributed by atoms with Crippen LogP contribution in [0.1, 0.15) is 23.2 Å². The molecule has 0 aromatic heterocycles. The van der Waals surface area contributed by atoms with E-state index in [1.54, 1.807) is 19.2 Å². The molecule has 0 bridgehead atoms. The molecule has 2 aromatic carbocycles. The second-order valence-corrected chi connectivity index (χ2v) is 7.14. The highest BCUT2D eigenvalue weighted by Gasteiger charge is 2.13. The van der Waals surface area contributed by atoms with Crippen LogP contribution < -0.4 is 14.8 Å². The number of rotatable bonds is 7. The highest BCUT2D eigenvalue weighted by Crippen LogP contribution is 2.25. The highest BCUT2D eigenvalue weighted by molar-refractivity contribution is 9.10. The van der Waals surface area contributed by atoms with Crippen molar-refractivity contribution in [3.05, 3.63) is 52.5 Å². The Balaban J connectivity index is 1.54. The summed E-state index contributed by atoms with van der Waals surface area (Å²) >= 11 is 3.37. The fourth-order valence-electron chi connectivity index (χ4n) is 2.98. The number of benzene rings is 2. The number of likely N-dealkylation sites (tertiary alicyclic amines) is 1. The summed E-state index contributed by atoms with van der Waals surface area (Å²) in [7, 11) is 1.55. The molecule has 0 unspecified atom stereocenters. The van der Waals surface area contributed by atoms with Crippen molar-refractivity contribution < 1.29 is 14.3 Å². The largest absolute Gasteiger partial charge is 0.496 e. The van der Waals surface area contributed by atoms with E-state index >= 15 is 0 Å². The van der Waals surface area contributed by atoms with E-state index < -0.39 is 0 Å². The van der Waals surface area contributed by atoms with Crippen molar-refractivity contribution in [2.75, 3.05) is 38.7 Å². The maximum atomic E-state index is 12.5. The Bertz CT molecular complexity index is 743. The van der Waals surface area contributed by atoms with Crippen molar-refractivity contribution in [2.45, 2.75) is 12.8 Å². The van der Waals surface area contributed by atoms with Gasteiger partial charge in [0.25, 0.3) is 5.91 Å². The van der Waals surface area contributed by atoms with Gasteiger partial charge in [-0.25, -0.2) is 0 Å². The van der Waals surface area contributed by atoms with Crippen LogP contribution in [0.25, 0.3) is 0 Å². The first-order valence-corrected chi connectivity index (χ1v) is 9.55. The molecule has 3 rings (SSSR count). The van der Waals surface area contributed by atoms with E-state index in [0.717, 1.165) is 16.8 Å². The Labute approximate surface area is 162 Å². The molecule has 6 heteroatoms. The van der Waals surface area contributed by atoms with E-state index in [2.05, 4.69) is 26.1 Å². The van der Waals surface area contributed by atoms with Crippen LogP contribution in [0.2, 0.25) is 0 Å². The van der Waals surface area contributed by atoms with Gasteiger partial charge >= 0.3 is 0 Å². The van der Waals surface area contributed by atoms with E-state index in [-0.39, 0.29) is 5.91 Å². The number of nitrogens with one attached hydrogen (secondary N) is 1. The number of hydrogen-bond donors (Lipinski definition) is 1. The number of ether oxygens (including phenoxy) is 2. The van der Waals surface area contributed by atoms with Crippen molar-refractivity contribution in [3.8, 4) is 11.5 Å². The predicted octanol–water partition coefficient (Wildman–Crippen LogP) is 4.18. The van der Waals surface area contributed by atoms with E-state index in [9.17, 15) is 4.79 Å². The van der Waals surface area contributed by atoms with E-state index in [0.29, 0.717) is 23.6 Å². The average molecular weight is 419 g/mol. The molecular formula is C20H23BrN2O3. The number of amides is 1. The van der Waals surface area contributed by atoms with Crippen LogP contribution >= 0.6 is 15.9 Å². The lowest BCUT2D eigenvalue weighted by atomic mass is 10.2. The molecule has 1 fully saturated rings. The van der Waals surface area contributed by atoms with Crippen LogP contribution in [0.15, 0.2) is 46.9 Å². The van der Waals surface area contributed by atoms with Gasteiger partial charge in [-0.05, 0) is 68.4 Å². The van der Waals surface area contributed by atoms with Gasteiger partial charge in [-0.3, -0.25) is 9.69 Å². The van der Waals surface area contributed by atoms with Crippen LogP contribution in [-0.4, -0.2) is 44.2 Å². The number of hydrogen-bond acceptors (Lipinski definition) is 4. The predicted molar refractivity (Wildman–Crippen MR) is 106 cm³/mol. The first kappa shape index (κ1) is 18.7. The third-order valence-electron chi connectivity index (χ3n) is 4.40. The van der Waals surface area contributed by atoms with Crippen LogP contribution in [0, 0.1) is 0 Å². The van der Waals surface area contributed by atoms with Gasteiger partial charge in [0.05, 0.1) is 12.7 Å². The summed E-state index contributed by atoms with van der Waals surface area (Å²) in [5.74, 6) is 1.12.